The topological polar surface area (TPSA) is 72.2 Å². The van der Waals surface area contributed by atoms with Crippen molar-refractivity contribution in [2.75, 3.05) is 5.73 Å². The van der Waals surface area contributed by atoms with Crippen LogP contribution in [0.5, 0.6) is 0 Å². The Morgan fingerprint density at radius 3 is 2.44 bits per heavy atom. The fourth-order valence-electron chi connectivity index (χ4n) is 1.49. The van der Waals surface area contributed by atoms with Crippen molar-refractivity contribution in [3.05, 3.63) is 22.4 Å². The van der Waals surface area contributed by atoms with Crippen molar-refractivity contribution < 1.29 is 12.8 Å². The van der Waals surface area contributed by atoms with Crippen molar-refractivity contribution in [2.24, 2.45) is 0 Å². The third-order valence-electron chi connectivity index (χ3n) is 2.65. The van der Waals surface area contributed by atoms with E-state index in [4.69, 9.17) is 5.73 Å². The molecule has 0 aromatic heterocycles. The largest absolute Gasteiger partial charge is 0.398 e. The van der Waals surface area contributed by atoms with Crippen LogP contribution in [0.25, 0.3) is 0 Å². The van der Waals surface area contributed by atoms with Crippen molar-refractivity contribution >= 4 is 31.6 Å². The average molecular weight is 339 g/mol. The number of nitrogens with two attached hydrogens (primary N) is 1. The standard InChI is InChI=1S/C11H16BrFN2O2S/c1-3-7(4-2)15-18(16,17)11-6-10(14)8(12)5-9(11)13/h5-7,15H,3-4,14H2,1-2H3. The fourth-order valence-corrected chi connectivity index (χ4v) is 3.30. The molecule has 0 heterocycles. The molecule has 1 rings (SSSR count). The van der Waals surface area contributed by atoms with E-state index in [0.717, 1.165) is 12.1 Å². The van der Waals surface area contributed by atoms with E-state index >= 15 is 0 Å². The number of anilines is 1. The van der Waals surface area contributed by atoms with Crippen LogP contribution in [-0.2, 0) is 10.0 Å². The normalized spacial score (nSPS) is 12.1. The molecule has 1 aromatic carbocycles. The molecular formula is C11H16BrFN2O2S. The van der Waals surface area contributed by atoms with Crippen molar-refractivity contribution in [2.45, 2.75) is 37.6 Å². The number of hydrogen-bond acceptors (Lipinski definition) is 3. The van der Waals surface area contributed by atoms with Crippen LogP contribution in [0.15, 0.2) is 21.5 Å². The summed E-state index contributed by atoms with van der Waals surface area (Å²) in [4.78, 5) is -0.421. The summed E-state index contributed by atoms with van der Waals surface area (Å²) in [7, 11) is -3.88. The van der Waals surface area contributed by atoms with Crippen LogP contribution >= 0.6 is 15.9 Å². The first kappa shape index (κ1) is 15.4. The Morgan fingerprint density at radius 2 is 1.94 bits per heavy atom. The van der Waals surface area contributed by atoms with Gasteiger partial charge in [-0.15, -0.1) is 0 Å². The van der Waals surface area contributed by atoms with E-state index in [0.29, 0.717) is 17.3 Å². The zero-order valence-corrected chi connectivity index (χ0v) is 12.6. The first-order valence-corrected chi connectivity index (χ1v) is 7.86. The van der Waals surface area contributed by atoms with Gasteiger partial charge in [0.2, 0.25) is 10.0 Å². The van der Waals surface area contributed by atoms with Gasteiger partial charge in [0.1, 0.15) is 10.7 Å². The first-order valence-electron chi connectivity index (χ1n) is 5.58. The quantitative estimate of drug-likeness (QED) is 0.810. The molecule has 0 fully saturated rings. The summed E-state index contributed by atoms with van der Waals surface area (Å²) in [5.74, 6) is -0.825. The number of hydrogen-bond donors (Lipinski definition) is 2. The Labute approximate surface area is 115 Å². The van der Waals surface area contributed by atoms with Gasteiger partial charge in [0.15, 0.2) is 0 Å². The Kier molecular flexibility index (Phi) is 5.12. The lowest BCUT2D eigenvalue weighted by molar-refractivity contribution is 0.520. The van der Waals surface area contributed by atoms with Crippen LogP contribution in [0.3, 0.4) is 0 Å². The Balaban J connectivity index is 3.16. The van der Waals surface area contributed by atoms with E-state index in [1.54, 1.807) is 0 Å². The van der Waals surface area contributed by atoms with Crippen molar-refractivity contribution in [1.82, 2.24) is 4.72 Å². The zero-order chi connectivity index (χ0) is 13.9. The molecule has 0 spiro atoms. The van der Waals surface area contributed by atoms with Crippen LogP contribution in [0.2, 0.25) is 0 Å². The highest BCUT2D eigenvalue weighted by atomic mass is 79.9. The molecule has 0 radical (unpaired) electrons. The molecule has 18 heavy (non-hydrogen) atoms. The molecular weight excluding hydrogens is 323 g/mol. The van der Waals surface area contributed by atoms with Gasteiger partial charge in [0, 0.05) is 16.2 Å². The summed E-state index contributed by atoms with van der Waals surface area (Å²) in [6.07, 6.45) is 1.28. The van der Waals surface area contributed by atoms with Gasteiger partial charge in [-0.3, -0.25) is 0 Å². The molecule has 0 saturated carbocycles. The number of benzene rings is 1. The van der Waals surface area contributed by atoms with Crippen LogP contribution in [0.4, 0.5) is 10.1 Å². The molecule has 1 aromatic rings. The van der Waals surface area contributed by atoms with Crippen molar-refractivity contribution in [3.63, 3.8) is 0 Å². The maximum absolute atomic E-state index is 13.7. The summed E-state index contributed by atoms with van der Waals surface area (Å²) in [6, 6.07) is 1.96. The number of sulfonamides is 1. The van der Waals surface area contributed by atoms with Crippen molar-refractivity contribution in [3.8, 4) is 0 Å². The van der Waals surface area contributed by atoms with E-state index in [1.165, 1.54) is 0 Å². The van der Waals surface area contributed by atoms with Crippen LogP contribution in [-0.4, -0.2) is 14.5 Å². The van der Waals surface area contributed by atoms with Gasteiger partial charge in [-0.05, 0) is 40.9 Å². The van der Waals surface area contributed by atoms with Gasteiger partial charge >= 0.3 is 0 Å². The number of rotatable bonds is 5. The molecule has 0 saturated heterocycles. The summed E-state index contributed by atoms with van der Waals surface area (Å²) >= 11 is 3.04. The van der Waals surface area contributed by atoms with Gasteiger partial charge < -0.3 is 5.73 Å². The summed E-state index contributed by atoms with van der Waals surface area (Å²) < 4.78 is 40.5. The van der Waals surface area contributed by atoms with Gasteiger partial charge in [-0.25, -0.2) is 17.5 Å². The Bertz CT molecular complexity index is 530. The summed E-state index contributed by atoms with van der Waals surface area (Å²) in [5, 5.41) is 0. The predicted octanol–water partition coefficient (Wildman–Crippen LogP) is 2.64. The second-order valence-electron chi connectivity index (χ2n) is 3.94. The average Bonchev–Trinajstić information content (AvgIpc) is 2.30. The second-order valence-corrected chi connectivity index (χ2v) is 6.48. The molecule has 102 valence electrons. The molecule has 3 N–H and O–H groups in total. The van der Waals surface area contributed by atoms with Gasteiger partial charge in [-0.2, -0.15) is 0 Å². The monoisotopic (exact) mass is 338 g/mol. The van der Waals surface area contributed by atoms with Gasteiger partial charge in [0.05, 0.1) is 0 Å². The van der Waals surface area contributed by atoms with Crippen LogP contribution < -0.4 is 10.5 Å². The molecule has 4 nitrogen and oxygen atoms in total. The van der Waals surface area contributed by atoms with Gasteiger partial charge in [-0.1, -0.05) is 13.8 Å². The highest BCUT2D eigenvalue weighted by Gasteiger charge is 2.23. The third-order valence-corrected chi connectivity index (χ3v) is 4.87. The van der Waals surface area contributed by atoms with E-state index in [2.05, 4.69) is 20.7 Å². The van der Waals surface area contributed by atoms with E-state index in [1.807, 2.05) is 13.8 Å². The number of nitrogen functional groups attached to an aromatic ring is 1. The SMILES string of the molecule is CCC(CC)NS(=O)(=O)c1cc(N)c(Br)cc1F. The molecule has 7 heteroatoms. The number of halogens is 2. The Hall–Kier alpha value is -0.660. The third kappa shape index (κ3) is 3.43. The van der Waals surface area contributed by atoms with E-state index in [-0.39, 0.29) is 11.7 Å². The van der Waals surface area contributed by atoms with E-state index < -0.39 is 20.7 Å². The molecule has 0 aliphatic carbocycles. The highest BCUT2D eigenvalue weighted by Crippen LogP contribution is 2.26. The minimum atomic E-state index is -3.88. The van der Waals surface area contributed by atoms with Crippen LogP contribution in [0.1, 0.15) is 26.7 Å². The predicted molar refractivity (Wildman–Crippen MR) is 73.2 cm³/mol. The molecule has 0 amide bonds. The minimum absolute atomic E-state index is 0.182. The van der Waals surface area contributed by atoms with Crippen LogP contribution in [0, 0.1) is 5.82 Å². The minimum Gasteiger partial charge on any atom is -0.398 e. The molecule has 0 atom stereocenters. The van der Waals surface area contributed by atoms with Crippen molar-refractivity contribution in [1.29, 1.82) is 0 Å². The zero-order valence-electron chi connectivity index (χ0n) is 10.2. The smallest absolute Gasteiger partial charge is 0.243 e. The molecule has 0 aliphatic heterocycles. The Morgan fingerprint density at radius 1 is 1.39 bits per heavy atom. The maximum Gasteiger partial charge on any atom is 0.243 e. The molecule has 0 unspecified atom stereocenters. The lowest BCUT2D eigenvalue weighted by atomic mass is 10.2. The summed E-state index contributed by atoms with van der Waals surface area (Å²) in [6.45, 7) is 3.73. The highest BCUT2D eigenvalue weighted by molar-refractivity contribution is 9.10. The van der Waals surface area contributed by atoms with E-state index in [9.17, 15) is 12.8 Å². The molecule has 0 aliphatic rings. The lowest BCUT2D eigenvalue weighted by Crippen LogP contribution is -2.34. The maximum atomic E-state index is 13.7. The van der Waals surface area contributed by atoms with Gasteiger partial charge in [0.25, 0.3) is 0 Å². The second kappa shape index (κ2) is 5.99. The number of nitrogens with one attached hydrogen (secondary N) is 1. The molecule has 0 bridgehead atoms. The summed E-state index contributed by atoms with van der Waals surface area (Å²) in [5.41, 5.74) is 5.76. The first-order chi connectivity index (χ1) is 8.31. The fraction of sp³-hybridized carbons (Fsp3) is 0.455. The lowest BCUT2D eigenvalue weighted by Gasteiger charge is -2.15.